The predicted octanol–water partition coefficient (Wildman–Crippen LogP) is 14.9. The average Bonchev–Trinajstić information content (AvgIpc) is 4.05. The topological polar surface area (TPSA) is 63.8 Å². The normalized spacial score (nSPS) is 16.8. The summed E-state index contributed by atoms with van der Waals surface area (Å²) in [6.07, 6.45) is 17.4. The van der Waals surface area contributed by atoms with Gasteiger partial charge in [-0.3, -0.25) is 4.99 Å². The van der Waals surface area contributed by atoms with Gasteiger partial charge in [0.15, 0.2) is 5.84 Å². The predicted molar refractivity (Wildman–Crippen MR) is 289 cm³/mol. The number of aliphatic imine (C=N–C) groups is 2. The van der Waals surface area contributed by atoms with Crippen molar-refractivity contribution in [3.63, 3.8) is 0 Å². The quantitative estimate of drug-likeness (QED) is 0.122. The summed E-state index contributed by atoms with van der Waals surface area (Å²) >= 11 is 0. The number of benzene rings is 8. The van der Waals surface area contributed by atoms with Gasteiger partial charge in [-0.15, -0.1) is 0 Å². The van der Waals surface area contributed by atoms with Crippen molar-refractivity contribution in [1.82, 2.24) is 9.13 Å². The van der Waals surface area contributed by atoms with Crippen LogP contribution in [0.5, 0.6) is 0 Å². The minimum Gasteiger partial charge on any atom is -0.383 e. The minimum absolute atomic E-state index is 0.0691. The molecule has 2 atom stereocenters. The minimum atomic E-state index is 0.0691. The Balaban J connectivity index is 1.00. The second kappa shape index (κ2) is 16.8. The highest BCUT2D eigenvalue weighted by Crippen LogP contribution is 2.50. The molecule has 0 fully saturated rings. The van der Waals surface area contributed by atoms with Gasteiger partial charge in [-0.2, -0.15) is 0 Å². The third kappa shape index (κ3) is 6.95. The SMILES string of the molecule is NC(=NC(=NCc1ccccc1)c1ccc(-n2c3ccccc3c3cc(-c4ccc5c(c4)c4ccccc4n5-c4ccccc4)ccc32)c(N2c3ccccc3C3C=CC=CC32)c1)C1=CCCC=C1. The van der Waals surface area contributed by atoms with Crippen LogP contribution in [0.3, 0.4) is 0 Å². The van der Waals surface area contributed by atoms with Gasteiger partial charge in [-0.1, -0.05) is 158 Å². The number of rotatable bonds is 8. The first-order chi connectivity index (χ1) is 34.2. The summed E-state index contributed by atoms with van der Waals surface area (Å²) in [6.45, 7) is 0.473. The van der Waals surface area contributed by atoms with Crippen LogP contribution in [0.1, 0.15) is 35.4 Å². The molecule has 2 unspecified atom stereocenters. The maximum absolute atomic E-state index is 6.85. The molecule has 1 aliphatic heterocycles. The van der Waals surface area contributed by atoms with Crippen molar-refractivity contribution < 1.29 is 0 Å². The van der Waals surface area contributed by atoms with Crippen LogP contribution < -0.4 is 10.6 Å². The zero-order chi connectivity index (χ0) is 45.8. The van der Waals surface area contributed by atoms with Crippen molar-refractivity contribution in [2.75, 3.05) is 4.90 Å². The molecule has 0 bridgehead atoms. The van der Waals surface area contributed by atoms with E-state index in [1.165, 1.54) is 55.0 Å². The highest BCUT2D eigenvalue weighted by molar-refractivity contribution is 6.14. The summed E-state index contributed by atoms with van der Waals surface area (Å²) in [5.74, 6) is 1.27. The van der Waals surface area contributed by atoms with Crippen molar-refractivity contribution in [2.45, 2.75) is 31.3 Å². The first-order valence-corrected chi connectivity index (χ1v) is 24.0. The largest absolute Gasteiger partial charge is 0.383 e. The molecule has 3 aliphatic rings. The van der Waals surface area contributed by atoms with E-state index in [1.807, 2.05) is 6.07 Å². The number of para-hydroxylation sites is 4. The molecule has 6 nitrogen and oxygen atoms in total. The van der Waals surface area contributed by atoms with Crippen LogP contribution in [-0.4, -0.2) is 26.8 Å². The van der Waals surface area contributed by atoms with Crippen molar-refractivity contribution in [2.24, 2.45) is 15.7 Å². The maximum atomic E-state index is 6.85. The molecule has 10 aromatic rings. The van der Waals surface area contributed by atoms with Crippen molar-refractivity contribution >= 4 is 66.7 Å². The van der Waals surface area contributed by atoms with Gasteiger partial charge >= 0.3 is 0 Å². The second-order valence-electron chi connectivity index (χ2n) is 18.2. The fourth-order valence-electron chi connectivity index (χ4n) is 11.0. The third-order valence-electron chi connectivity index (χ3n) is 14.2. The first kappa shape index (κ1) is 40.5. The highest BCUT2D eigenvalue weighted by atomic mass is 15.2. The number of hydrogen-bond acceptors (Lipinski definition) is 2. The molecule has 0 saturated heterocycles. The van der Waals surface area contributed by atoms with Crippen LogP contribution in [0.4, 0.5) is 11.4 Å². The summed E-state index contributed by atoms with van der Waals surface area (Å²) in [7, 11) is 0. The van der Waals surface area contributed by atoms with E-state index in [2.05, 4.69) is 239 Å². The lowest BCUT2D eigenvalue weighted by molar-refractivity contribution is 0.743. The molecule has 0 amide bonds. The van der Waals surface area contributed by atoms with E-state index in [9.17, 15) is 0 Å². The molecule has 0 saturated carbocycles. The van der Waals surface area contributed by atoms with Crippen LogP contribution in [0.15, 0.2) is 246 Å². The summed E-state index contributed by atoms with van der Waals surface area (Å²) in [5.41, 5.74) is 22.6. The van der Waals surface area contributed by atoms with E-state index in [0.717, 1.165) is 57.6 Å². The molecule has 0 spiro atoms. The molecule has 0 radical (unpaired) electrons. The number of hydrogen-bond donors (Lipinski definition) is 1. The Bertz CT molecular complexity index is 3840. The Morgan fingerprint density at radius 2 is 1.17 bits per heavy atom. The Hall–Kier alpha value is -8.74. The van der Waals surface area contributed by atoms with Gasteiger partial charge < -0.3 is 19.8 Å². The Morgan fingerprint density at radius 3 is 1.91 bits per heavy atom. The standard InChI is InChI=1S/C63H48N6/c64-62(43-20-6-2-7-21-43)66-63(65-41-42-18-4-1-5-19-42)46-34-37-60(61(40-46)69-55-29-15-10-24-48(55)49-25-11-16-30-56(49)69)68-57-31-17-13-27-51(57)53-39-45(33-36-59(53)68)44-32-35-58-52(38-44)50-26-12-14-28-54(50)67(58)47-22-8-3-9-23-47/h1,3-6,8-40,48,55H,2,7,41H2,(H2,64,65,66). The zero-order valence-electron chi connectivity index (χ0n) is 38.0. The van der Waals surface area contributed by atoms with E-state index in [1.54, 1.807) is 0 Å². The van der Waals surface area contributed by atoms with Gasteiger partial charge in [0.2, 0.25) is 0 Å². The second-order valence-corrected chi connectivity index (χ2v) is 18.2. The van der Waals surface area contributed by atoms with Gasteiger partial charge in [-0.05, 0) is 108 Å². The number of anilines is 2. The number of fused-ring (bicyclic) bond motifs is 9. The molecule has 8 aromatic carbocycles. The van der Waals surface area contributed by atoms with Gasteiger partial charge in [-0.25, -0.2) is 4.99 Å². The van der Waals surface area contributed by atoms with E-state index in [-0.39, 0.29) is 12.0 Å². The lowest BCUT2D eigenvalue weighted by Gasteiger charge is -2.31. The van der Waals surface area contributed by atoms with Gasteiger partial charge in [0.1, 0.15) is 5.84 Å². The number of nitrogens with zero attached hydrogens (tertiary/aromatic N) is 5. The lowest BCUT2D eigenvalue weighted by atomic mass is 9.91. The molecular weight excluding hydrogens is 841 g/mol. The van der Waals surface area contributed by atoms with E-state index in [0.29, 0.717) is 18.2 Å². The highest BCUT2D eigenvalue weighted by Gasteiger charge is 2.38. The lowest BCUT2D eigenvalue weighted by Crippen LogP contribution is -2.29. The van der Waals surface area contributed by atoms with Crippen molar-refractivity contribution in [3.05, 3.63) is 253 Å². The maximum Gasteiger partial charge on any atom is 0.157 e. The van der Waals surface area contributed by atoms with E-state index >= 15 is 0 Å². The number of aromatic nitrogens is 2. The van der Waals surface area contributed by atoms with Crippen molar-refractivity contribution in [3.8, 4) is 22.5 Å². The Labute approximate surface area is 401 Å². The molecule has 2 aliphatic carbocycles. The summed E-state index contributed by atoms with van der Waals surface area (Å²) in [5, 5.41) is 4.87. The molecule has 3 heterocycles. The molecule has 69 heavy (non-hydrogen) atoms. The van der Waals surface area contributed by atoms with Crippen LogP contribution in [-0.2, 0) is 6.54 Å². The first-order valence-electron chi connectivity index (χ1n) is 24.0. The Kier molecular flexibility index (Phi) is 9.90. The van der Waals surface area contributed by atoms with E-state index in [4.69, 9.17) is 15.7 Å². The molecule has 13 rings (SSSR count). The average molecular weight is 889 g/mol. The number of amidine groups is 2. The van der Waals surface area contributed by atoms with Crippen LogP contribution in [0.2, 0.25) is 0 Å². The third-order valence-corrected chi connectivity index (χ3v) is 14.2. The van der Waals surface area contributed by atoms with Crippen LogP contribution >= 0.6 is 0 Å². The zero-order valence-corrected chi connectivity index (χ0v) is 38.0. The summed E-state index contributed by atoms with van der Waals surface area (Å²) in [4.78, 5) is 12.9. The smallest absolute Gasteiger partial charge is 0.157 e. The van der Waals surface area contributed by atoms with Gasteiger partial charge in [0, 0.05) is 50.0 Å². The number of allylic oxidation sites excluding steroid dienone is 4. The van der Waals surface area contributed by atoms with Crippen LogP contribution in [0, 0.1) is 0 Å². The molecule has 2 aromatic heterocycles. The number of nitrogens with two attached hydrogens (primary N) is 1. The summed E-state index contributed by atoms with van der Waals surface area (Å²) < 4.78 is 4.83. The van der Waals surface area contributed by atoms with E-state index < -0.39 is 0 Å². The van der Waals surface area contributed by atoms with Crippen LogP contribution in [0.25, 0.3) is 66.1 Å². The monoisotopic (exact) mass is 888 g/mol. The molecular formula is C63H48N6. The van der Waals surface area contributed by atoms with Crippen molar-refractivity contribution in [1.29, 1.82) is 0 Å². The summed E-state index contributed by atoms with van der Waals surface area (Å²) in [6, 6.07) is 68.2. The molecule has 330 valence electrons. The molecule has 6 heteroatoms. The fraction of sp³-hybridized carbons (Fsp3) is 0.0794. The molecule has 2 N–H and O–H groups in total. The fourth-order valence-corrected chi connectivity index (χ4v) is 11.0. The van der Waals surface area contributed by atoms with Gasteiger partial charge in [0.25, 0.3) is 0 Å². The Morgan fingerprint density at radius 1 is 0.536 bits per heavy atom. The van der Waals surface area contributed by atoms with Gasteiger partial charge in [0.05, 0.1) is 46.0 Å².